The summed E-state index contributed by atoms with van der Waals surface area (Å²) in [4.78, 5) is 26.8. The summed E-state index contributed by atoms with van der Waals surface area (Å²) in [5, 5.41) is 19.6. The minimum atomic E-state index is -1.34. The monoisotopic (exact) mass is 405 g/mol. The molecule has 148 valence electrons. The van der Waals surface area contributed by atoms with Crippen molar-refractivity contribution in [2.75, 3.05) is 19.7 Å². The number of aliphatic hydroxyl groups excluding tert-OH is 1. The van der Waals surface area contributed by atoms with Crippen LogP contribution in [0.2, 0.25) is 0 Å². The number of carboxylic acids is 1. The molecule has 1 spiro atoms. The number of hydrogen-bond acceptors (Lipinski definition) is 5. The highest BCUT2D eigenvalue weighted by atomic mass is 32.1. The quantitative estimate of drug-likeness (QED) is 0.820. The predicted molar refractivity (Wildman–Crippen MR) is 99.8 cm³/mol. The fraction of sp³-hybridized carbons (Fsp3) is 0.400. The third kappa shape index (κ3) is 3.32. The Hall–Kier alpha value is -2.29. The van der Waals surface area contributed by atoms with Crippen LogP contribution in [0.5, 0.6) is 0 Å². The van der Waals surface area contributed by atoms with E-state index in [9.17, 15) is 24.2 Å². The Kier molecular flexibility index (Phi) is 4.95. The lowest BCUT2D eigenvalue weighted by Crippen LogP contribution is -2.49. The highest BCUT2D eigenvalue weighted by molar-refractivity contribution is 7.14. The van der Waals surface area contributed by atoms with Gasteiger partial charge in [0, 0.05) is 18.0 Å². The number of thiophene rings is 1. The number of benzene rings is 1. The number of nitrogens with zero attached hydrogens (tertiary/aromatic N) is 1. The average molecular weight is 405 g/mol. The topological polar surface area (TPSA) is 87.1 Å². The summed E-state index contributed by atoms with van der Waals surface area (Å²) in [6.45, 7) is 1.32. The Morgan fingerprint density at radius 3 is 2.54 bits per heavy atom. The van der Waals surface area contributed by atoms with Gasteiger partial charge >= 0.3 is 5.97 Å². The molecule has 1 atom stereocenters. The molecule has 1 saturated heterocycles. The van der Waals surface area contributed by atoms with Crippen LogP contribution in [0.15, 0.2) is 30.3 Å². The molecular formula is C20H20FNO5S. The van der Waals surface area contributed by atoms with Crippen LogP contribution in [0.25, 0.3) is 0 Å². The summed E-state index contributed by atoms with van der Waals surface area (Å²) in [6.07, 6.45) is 0.438. The molecule has 1 unspecified atom stereocenters. The van der Waals surface area contributed by atoms with Crippen molar-refractivity contribution in [2.45, 2.75) is 31.0 Å². The zero-order chi connectivity index (χ0) is 19.9. The highest BCUT2D eigenvalue weighted by Gasteiger charge is 2.44. The molecule has 2 aliphatic heterocycles. The molecule has 2 aliphatic rings. The largest absolute Gasteiger partial charge is 0.477 e. The molecule has 0 saturated carbocycles. The third-order valence-electron chi connectivity index (χ3n) is 5.49. The van der Waals surface area contributed by atoms with Crippen LogP contribution in [0.4, 0.5) is 4.39 Å². The van der Waals surface area contributed by atoms with Crippen LogP contribution in [0, 0.1) is 5.82 Å². The molecule has 1 fully saturated rings. The van der Waals surface area contributed by atoms with Crippen LogP contribution < -0.4 is 0 Å². The molecule has 2 N–H and O–H groups in total. The molecule has 1 aromatic carbocycles. The number of piperidine rings is 1. The number of fused-ring (bicyclic) bond motifs is 2. The van der Waals surface area contributed by atoms with E-state index in [0.717, 1.165) is 10.4 Å². The Bertz CT molecular complexity index is 902. The molecule has 0 bridgehead atoms. The van der Waals surface area contributed by atoms with Gasteiger partial charge in [0.05, 0.1) is 6.61 Å². The minimum absolute atomic E-state index is 0.306. The standard InChI is InChI=1S/C20H20FNO5S/c21-14-3-1-12(2-4-14)16(23)18(24)22-8-6-20(7-9-22)17-13(5-10-27-20)11-15(28-17)19(25)26/h1-4,11,16,23H,5-10H2,(H,25,26). The molecule has 0 aliphatic carbocycles. The van der Waals surface area contributed by atoms with Gasteiger partial charge in [-0.1, -0.05) is 12.1 Å². The Balaban J connectivity index is 1.48. The second kappa shape index (κ2) is 7.27. The van der Waals surface area contributed by atoms with Crippen molar-refractivity contribution in [3.63, 3.8) is 0 Å². The van der Waals surface area contributed by atoms with Gasteiger partial charge in [0.2, 0.25) is 0 Å². The number of carboxylic acid groups (broad SMARTS) is 1. The molecule has 2 aromatic rings. The number of ether oxygens (including phenoxy) is 1. The number of aliphatic hydroxyl groups is 1. The van der Waals surface area contributed by atoms with Crippen LogP contribution in [0.3, 0.4) is 0 Å². The summed E-state index contributed by atoms with van der Waals surface area (Å²) >= 11 is 1.25. The van der Waals surface area contributed by atoms with Crippen molar-refractivity contribution in [3.05, 3.63) is 57.0 Å². The minimum Gasteiger partial charge on any atom is -0.477 e. The summed E-state index contributed by atoms with van der Waals surface area (Å²) in [5.41, 5.74) is 0.802. The summed E-state index contributed by atoms with van der Waals surface area (Å²) in [5.74, 6) is -1.79. The number of rotatable bonds is 3. The van der Waals surface area contributed by atoms with Crippen LogP contribution in [0.1, 0.15) is 44.6 Å². The van der Waals surface area contributed by atoms with Crippen molar-refractivity contribution in [3.8, 4) is 0 Å². The van der Waals surface area contributed by atoms with E-state index in [1.807, 2.05) is 0 Å². The van der Waals surface area contributed by atoms with E-state index in [1.165, 1.54) is 35.6 Å². The van der Waals surface area contributed by atoms with E-state index in [1.54, 1.807) is 11.0 Å². The van der Waals surface area contributed by atoms with Gasteiger partial charge in [-0.2, -0.15) is 0 Å². The molecule has 6 nitrogen and oxygen atoms in total. The second-order valence-corrected chi connectivity index (χ2v) is 8.19. The second-order valence-electron chi connectivity index (χ2n) is 7.14. The van der Waals surface area contributed by atoms with Gasteiger partial charge in [0.25, 0.3) is 5.91 Å². The van der Waals surface area contributed by atoms with Gasteiger partial charge in [0.1, 0.15) is 16.3 Å². The fourth-order valence-corrected chi connectivity index (χ4v) is 5.20. The first kappa shape index (κ1) is 19.0. The molecule has 1 aromatic heterocycles. The maximum absolute atomic E-state index is 13.1. The Morgan fingerprint density at radius 1 is 1.21 bits per heavy atom. The van der Waals surface area contributed by atoms with Crippen molar-refractivity contribution in [1.82, 2.24) is 4.90 Å². The zero-order valence-electron chi connectivity index (χ0n) is 15.1. The number of amides is 1. The van der Waals surface area contributed by atoms with Crippen molar-refractivity contribution < 1.29 is 28.9 Å². The van der Waals surface area contributed by atoms with E-state index in [-0.39, 0.29) is 0 Å². The smallest absolute Gasteiger partial charge is 0.345 e. The number of halogens is 1. The first-order chi connectivity index (χ1) is 13.4. The fourth-order valence-electron chi connectivity index (χ4n) is 3.95. The number of hydrogen-bond donors (Lipinski definition) is 2. The summed E-state index contributed by atoms with van der Waals surface area (Å²) in [6, 6.07) is 6.96. The van der Waals surface area contributed by atoms with Gasteiger partial charge in [-0.05, 0) is 48.6 Å². The van der Waals surface area contributed by atoms with Crippen molar-refractivity contribution in [1.29, 1.82) is 0 Å². The van der Waals surface area contributed by atoms with Crippen LogP contribution in [-0.4, -0.2) is 46.7 Å². The van der Waals surface area contributed by atoms with Gasteiger partial charge in [0.15, 0.2) is 6.10 Å². The molecule has 8 heteroatoms. The zero-order valence-corrected chi connectivity index (χ0v) is 15.9. The van der Waals surface area contributed by atoms with Gasteiger partial charge in [-0.25, -0.2) is 9.18 Å². The van der Waals surface area contributed by atoms with E-state index in [2.05, 4.69) is 0 Å². The normalized spacial score (nSPS) is 19.3. The summed E-state index contributed by atoms with van der Waals surface area (Å²) < 4.78 is 19.1. The lowest BCUT2D eigenvalue weighted by atomic mass is 9.85. The van der Waals surface area contributed by atoms with Crippen molar-refractivity contribution in [2.24, 2.45) is 0 Å². The lowest BCUT2D eigenvalue weighted by molar-refractivity contribution is -0.148. The molecule has 1 amide bonds. The maximum atomic E-state index is 13.1. The van der Waals surface area contributed by atoms with Gasteiger partial charge in [-0.15, -0.1) is 11.3 Å². The average Bonchev–Trinajstić information content (AvgIpc) is 3.15. The van der Waals surface area contributed by atoms with Crippen LogP contribution >= 0.6 is 11.3 Å². The van der Waals surface area contributed by atoms with E-state index < -0.39 is 29.4 Å². The molecule has 4 rings (SSSR count). The van der Waals surface area contributed by atoms with E-state index >= 15 is 0 Å². The number of likely N-dealkylation sites (tertiary alicyclic amines) is 1. The van der Waals surface area contributed by atoms with Gasteiger partial charge in [-0.3, -0.25) is 4.79 Å². The highest BCUT2D eigenvalue weighted by Crippen LogP contribution is 2.45. The molecule has 0 radical (unpaired) electrons. The number of carbonyl (C=O) groups excluding carboxylic acids is 1. The first-order valence-corrected chi connectivity index (χ1v) is 9.94. The van der Waals surface area contributed by atoms with Crippen molar-refractivity contribution >= 4 is 23.2 Å². The lowest BCUT2D eigenvalue weighted by Gasteiger charge is -2.44. The molecule has 28 heavy (non-hydrogen) atoms. The Morgan fingerprint density at radius 2 is 1.89 bits per heavy atom. The SMILES string of the molecule is O=C(O)c1cc2c(s1)C1(CCN(C(=O)C(O)c3ccc(F)cc3)CC1)OCC2. The first-order valence-electron chi connectivity index (χ1n) is 9.12. The van der Waals surface area contributed by atoms with E-state index in [0.29, 0.717) is 49.4 Å². The molecule has 3 heterocycles. The number of aromatic carboxylic acids is 1. The van der Waals surface area contributed by atoms with Gasteiger partial charge < -0.3 is 19.8 Å². The van der Waals surface area contributed by atoms with Crippen LogP contribution in [-0.2, 0) is 21.6 Å². The molecular weight excluding hydrogens is 385 g/mol. The number of carbonyl (C=O) groups is 2. The Labute approximate surface area is 165 Å². The predicted octanol–water partition coefficient (Wildman–Crippen LogP) is 2.71. The third-order valence-corrected chi connectivity index (χ3v) is 6.84. The summed E-state index contributed by atoms with van der Waals surface area (Å²) in [7, 11) is 0. The maximum Gasteiger partial charge on any atom is 0.345 e. The van der Waals surface area contributed by atoms with E-state index in [4.69, 9.17) is 4.74 Å².